The zero-order chi connectivity index (χ0) is 13.6. The Morgan fingerprint density at radius 3 is 2.24 bits per heavy atom. The second-order valence-corrected chi connectivity index (χ2v) is 5.75. The van der Waals surface area contributed by atoms with Crippen molar-refractivity contribution in [2.45, 2.75) is 40.2 Å². The summed E-state index contributed by atoms with van der Waals surface area (Å²) in [7, 11) is 3.61. The van der Waals surface area contributed by atoms with Crippen LogP contribution in [-0.4, -0.2) is 55.5 Å². The van der Waals surface area contributed by atoms with E-state index in [2.05, 4.69) is 25.7 Å². The minimum atomic E-state index is -0.0734. The summed E-state index contributed by atoms with van der Waals surface area (Å²) in [6, 6.07) is -0.0734. The fraction of sp³-hybridized carbons (Fsp3) is 0.923. The van der Waals surface area contributed by atoms with E-state index in [1.807, 2.05) is 6.92 Å². The maximum Gasteiger partial charge on any atom is 0.239 e. The molecule has 0 saturated carbocycles. The summed E-state index contributed by atoms with van der Waals surface area (Å²) in [5.41, 5.74) is 5.82. The third kappa shape index (κ3) is 5.50. The Kier molecular flexibility index (Phi) is 6.72. The number of likely N-dealkylation sites (N-methyl/N-ethyl adjacent to an activating group) is 1. The number of nitrogens with zero attached hydrogens (tertiary/aromatic N) is 2. The third-order valence-electron chi connectivity index (χ3n) is 3.04. The van der Waals surface area contributed by atoms with Crippen LogP contribution in [0.5, 0.6) is 0 Å². The number of hydrogen-bond acceptors (Lipinski definition) is 3. The molecular weight excluding hydrogens is 214 g/mol. The molecule has 4 heteroatoms. The molecule has 0 radical (unpaired) electrons. The largest absolute Gasteiger partial charge is 0.347 e. The van der Waals surface area contributed by atoms with Crippen molar-refractivity contribution in [3.05, 3.63) is 0 Å². The van der Waals surface area contributed by atoms with Gasteiger partial charge in [0.2, 0.25) is 5.91 Å². The lowest BCUT2D eigenvalue weighted by molar-refractivity contribution is -0.134. The number of amides is 1. The van der Waals surface area contributed by atoms with E-state index in [9.17, 15) is 4.79 Å². The van der Waals surface area contributed by atoms with Crippen molar-refractivity contribution in [3.63, 3.8) is 0 Å². The van der Waals surface area contributed by atoms with Crippen LogP contribution in [0, 0.1) is 5.41 Å². The van der Waals surface area contributed by atoms with E-state index in [4.69, 9.17) is 5.73 Å². The van der Waals surface area contributed by atoms with Crippen LogP contribution in [-0.2, 0) is 4.79 Å². The van der Waals surface area contributed by atoms with Crippen LogP contribution in [0.3, 0.4) is 0 Å². The first kappa shape index (κ1) is 16.4. The van der Waals surface area contributed by atoms with E-state index in [1.54, 1.807) is 19.0 Å². The van der Waals surface area contributed by atoms with Gasteiger partial charge in [-0.2, -0.15) is 0 Å². The molecule has 2 N–H and O–H groups in total. The molecule has 1 unspecified atom stereocenters. The number of carbonyl (C=O) groups is 1. The van der Waals surface area contributed by atoms with Gasteiger partial charge in [0, 0.05) is 20.6 Å². The van der Waals surface area contributed by atoms with Crippen LogP contribution >= 0.6 is 0 Å². The molecule has 4 nitrogen and oxygen atoms in total. The molecule has 0 aromatic carbocycles. The zero-order valence-corrected chi connectivity index (χ0v) is 12.3. The summed E-state index contributed by atoms with van der Waals surface area (Å²) >= 11 is 0. The van der Waals surface area contributed by atoms with Gasteiger partial charge in [-0.1, -0.05) is 20.8 Å². The van der Waals surface area contributed by atoms with E-state index in [1.165, 1.54) is 0 Å². The molecule has 0 aromatic rings. The maximum atomic E-state index is 12.0. The maximum absolute atomic E-state index is 12.0. The molecule has 1 amide bonds. The molecule has 0 rings (SSSR count). The molecule has 1 atom stereocenters. The number of carbonyl (C=O) groups excluding carboxylic acids is 1. The Morgan fingerprint density at radius 2 is 1.88 bits per heavy atom. The van der Waals surface area contributed by atoms with Crippen LogP contribution < -0.4 is 5.73 Å². The van der Waals surface area contributed by atoms with Crippen LogP contribution in [0.25, 0.3) is 0 Å². The van der Waals surface area contributed by atoms with Crippen molar-refractivity contribution in [2.75, 3.05) is 33.7 Å². The molecule has 0 heterocycles. The Morgan fingerprint density at radius 1 is 1.35 bits per heavy atom. The Bertz CT molecular complexity index is 239. The highest BCUT2D eigenvalue weighted by molar-refractivity contribution is 5.80. The molecule has 102 valence electrons. The van der Waals surface area contributed by atoms with E-state index in [0.29, 0.717) is 6.54 Å². The molecule has 17 heavy (non-hydrogen) atoms. The van der Waals surface area contributed by atoms with Gasteiger partial charge >= 0.3 is 0 Å². The molecule has 0 aromatic heterocycles. The van der Waals surface area contributed by atoms with Crippen LogP contribution in [0.15, 0.2) is 0 Å². The summed E-state index contributed by atoms with van der Waals surface area (Å²) in [6.45, 7) is 10.8. The predicted octanol–water partition coefficient (Wildman–Crippen LogP) is 1.16. The molecular formula is C13H29N3O. The van der Waals surface area contributed by atoms with Crippen molar-refractivity contribution < 1.29 is 4.79 Å². The lowest BCUT2D eigenvalue weighted by Crippen LogP contribution is -2.49. The monoisotopic (exact) mass is 243 g/mol. The topological polar surface area (TPSA) is 49.6 Å². The Labute approximate surface area is 106 Å². The van der Waals surface area contributed by atoms with Crippen molar-refractivity contribution in [1.82, 2.24) is 9.80 Å². The van der Waals surface area contributed by atoms with Gasteiger partial charge in [0.15, 0.2) is 0 Å². The van der Waals surface area contributed by atoms with E-state index >= 15 is 0 Å². The van der Waals surface area contributed by atoms with Gasteiger partial charge in [-0.25, -0.2) is 0 Å². The Hall–Kier alpha value is -0.610. The molecule has 0 spiro atoms. The van der Waals surface area contributed by atoms with E-state index in [-0.39, 0.29) is 17.4 Å². The average molecular weight is 243 g/mol. The fourth-order valence-electron chi connectivity index (χ4n) is 1.84. The second-order valence-electron chi connectivity index (χ2n) is 5.75. The highest BCUT2D eigenvalue weighted by atomic mass is 16.2. The first-order valence-electron chi connectivity index (χ1n) is 6.40. The summed E-state index contributed by atoms with van der Waals surface area (Å²) in [6.07, 6.45) is 1.05. The van der Waals surface area contributed by atoms with Crippen molar-refractivity contribution in [3.8, 4) is 0 Å². The van der Waals surface area contributed by atoms with Crippen molar-refractivity contribution in [2.24, 2.45) is 11.1 Å². The first-order valence-corrected chi connectivity index (χ1v) is 6.40. The SMILES string of the molecule is CCCN(CC(C)(C)CN)C(C)C(=O)N(C)C. The number of rotatable bonds is 7. The molecule has 0 aliphatic carbocycles. The lowest BCUT2D eigenvalue weighted by atomic mass is 9.92. The fourth-order valence-corrected chi connectivity index (χ4v) is 1.84. The summed E-state index contributed by atoms with van der Waals surface area (Å²) < 4.78 is 0. The van der Waals surface area contributed by atoms with Gasteiger partial charge in [-0.3, -0.25) is 9.69 Å². The number of nitrogens with two attached hydrogens (primary N) is 1. The zero-order valence-electron chi connectivity index (χ0n) is 12.3. The van der Waals surface area contributed by atoms with Crippen molar-refractivity contribution in [1.29, 1.82) is 0 Å². The van der Waals surface area contributed by atoms with E-state index < -0.39 is 0 Å². The van der Waals surface area contributed by atoms with Gasteiger partial charge in [0.05, 0.1) is 6.04 Å². The van der Waals surface area contributed by atoms with Gasteiger partial charge in [-0.05, 0) is 31.8 Å². The summed E-state index contributed by atoms with van der Waals surface area (Å²) in [5, 5.41) is 0. The normalized spacial score (nSPS) is 13.9. The van der Waals surface area contributed by atoms with Crippen LogP contribution in [0.4, 0.5) is 0 Å². The minimum Gasteiger partial charge on any atom is -0.347 e. The molecule has 0 saturated heterocycles. The molecule has 0 aliphatic rings. The van der Waals surface area contributed by atoms with Crippen LogP contribution in [0.1, 0.15) is 34.1 Å². The highest BCUT2D eigenvalue weighted by Crippen LogP contribution is 2.17. The average Bonchev–Trinajstić information content (AvgIpc) is 2.26. The summed E-state index contributed by atoms with van der Waals surface area (Å²) in [5.74, 6) is 0.159. The molecule has 0 bridgehead atoms. The van der Waals surface area contributed by atoms with Gasteiger partial charge in [0.25, 0.3) is 0 Å². The van der Waals surface area contributed by atoms with E-state index in [0.717, 1.165) is 19.5 Å². The third-order valence-corrected chi connectivity index (χ3v) is 3.04. The standard InChI is InChI=1S/C13H29N3O/c1-7-8-16(10-13(3,4)9-14)11(2)12(17)15(5)6/h11H,7-10,14H2,1-6H3. The minimum absolute atomic E-state index is 0.0516. The Balaban J connectivity index is 4.67. The number of hydrogen-bond donors (Lipinski definition) is 1. The molecule has 0 aliphatic heterocycles. The van der Waals surface area contributed by atoms with Gasteiger partial charge in [-0.15, -0.1) is 0 Å². The predicted molar refractivity (Wildman–Crippen MR) is 72.9 cm³/mol. The smallest absolute Gasteiger partial charge is 0.239 e. The van der Waals surface area contributed by atoms with Gasteiger partial charge < -0.3 is 10.6 Å². The molecule has 0 fully saturated rings. The van der Waals surface area contributed by atoms with Gasteiger partial charge in [0.1, 0.15) is 0 Å². The lowest BCUT2D eigenvalue weighted by Gasteiger charge is -2.36. The van der Waals surface area contributed by atoms with Crippen molar-refractivity contribution >= 4 is 5.91 Å². The second kappa shape index (κ2) is 6.97. The quantitative estimate of drug-likeness (QED) is 0.730. The highest BCUT2D eigenvalue weighted by Gasteiger charge is 2.27. The summed E-state index contributed by atoms with van der Waals surface area (Å²) in [4.78, 5) is 15.9. The first-order chi connectivity index (χ1) is 7.75. The van der Waals surface area contributed by atoms with Crippen LogP contribution in [0.2, 0.25) is 0 Å².